The Hall–Kier alpha value is -2.67. The van der Waals surface area contributed by atoms with Crippen molar-refractivity contribution in [3.63, 3.8) is 0 Å². The van der Waals surface area contributed by atoms with Crippen molar-refractivity contribution in [3.05, 3.63) is 52.3 Å². The van der Waals surface area contributed by atoms with Crippen LogP contribution in [0.25, 0.3) is 11.1 Å². The molecule has 0 fully saturated rings. The molecule has 4 nitrogen and oxygen atoms in total. The molecular formula is C22H26N2O2. The van der Waals surface area contributed by atoms with Gasteiger partial charge in [-0.2, -0.15) is 5.26 Å². The maximum Gasteiger partial charge on any atom is 0.340 e. The number of hydrogen-bond acceptors (Lipinski definition) is 4. The lowest BCUT2D eigenvalue weighted by molar-refractivity contribution is 0.0599. The molecule has 1 aromatic carbocycles. The number of carbonyl (C=O) groups excluding carboxylic acids is 1. The van der Waals surface area contributed by atoms with E-state index in [9.17, 15) is 10.1 Å². The Balaban J connectivity index is 2.89. The zero-order valence-electron chi connectivity index (χ0n) is 16.2. The van der Waals surface area contributed by atoms with Crippen molar-refractivity contribution in [3.8, 4) is 17.2 Å². The molecule has 2 rings (SSSR count). The third kappa shape index (κ3) is 4.11. The number of aromatic nitrogens is 1. The number of rotatable bonds is 6. The molecule has 0 aliphatic heterocycles. The van der Waals surface area contributed by atoms with E-state index in [1.165, 1.54) is 7.11 Å². The number of carbonyl (C=O) groups is 1. The van der Waals surface area contributed by atoms with Crippen LogP contribution < -0.4 is 0 Å². The quantitative estimate of drug-likeness (QED) is 0.698. The average molecular weight is 350 g/mol. The monoisotopic (exact) mass is 350 g/mol. The molecule has 1 aromatic heterocycles. The highest BCUT2D eigenvalue weighted by Crippen LogP contribution is 2.33. The Morgan fingerprint density at radius 3 is 2.38 bits per heavy atom. The van der Waals surface area contributed by atoms with Gasteiger partial charge in [-0.3, -0.25) is 4.98 Å². The lowest BCUT2D eigenvalue weighted by atomic mass is 9.89. The summed E-state index contributed by atoms with van der Waals surface area (Å²) >= 11 is 0. The van der Waals surface area contributed by atoms with Gasteiger partial charge < -0.3 is 4.74 Å². The van der Waals surface area contributed by atoms with Gasteiger partial charge in [0.15, 0.2) is 0 Å². The largest absolute Gasteiger partial charge is 0.465 e. The van der Waals surface area contributed by atoms with Crippen molar-refractivity contribution in [2.45, 2.75) is 47.0 Å². The van der Waals surface area contributed by atoms with Crippen LogP contribution in [-0.2, 0) is 17.6 Å². The van der Waals surface area contributed by atoms with Gasteiger partial charge in [-0.05, 0) is 31.2 Å². The Morgan fingerprint density at radius 2 is 1.88 bits per heavy atom. The second kappa shape index (κ2) is 8.62. The number of ether oxygens (including phenoxy) is 1. The molecule has 0 saturated carbocycles. The van der Waals surface area contributed by atoms with E-state index < -0.39 is 5.97 Å². The first kappa shape index (κ1) is 19.7. The number of pyridine rings is 1. The number of benzene rings is 1. The van der Waals surface area contributed by atoms with Crippen molar-refractivity contribution in [2.24, 2.45) is 5.92 Å². The van der Waals surface area contributed by atoms with E-state index in [1.807, 2.05) is 31.2 Å². The molecule has 0 bridgehead atoms. The summed E-state index contributed by atoms with van der Waals surface area (Å²) in [6.07, 6.45) is 2.22. The first-order valence-electron chi connectivity index (χ1n) is 9.04. The summed E-state index contributed by atoms with van der Waals surface area (Å²) in [5.41, 5.74) is 4.98. The van der Waals surface area contributed by atoms with E-state index >= 15 is 0 Å². The smallest absolute Gasteiger partial charge is 0.340 e. The molecule has 0 aliphatic rings. The molecule has 0 radical (unpaired) electrons. The van der Waals surface area contributed by atoms with Crippen LogP contribution in [0.1, 0.15) is 60.1 Å². The highest BCUT2D eigenvalue weighted by atomic mass is 16.5. The number of nitriles is 1. The predicted octanol–water partition coefficient (Wildman–Crippen LogP) is 4.87. The van der Waals surface area contributed by atoms with Gasteiger partial charge in [0.05, 0.1) is 29.6 Å². The van der Waals surface area contributed by atoms with E-state index in [1.54, 1.807) is 0 Å². The highest BCUT2D eigenvalue weighted by Gasteiger charge is 2.26. The second-order valence-corrected chi connectivity index (χ2v) is 6.95. The minimum absolute atomic E-state index is 0.360. The van der Waals surface area contributed by atoms with Gasteiger partial charge in [0, 0.05) is 5.56 Å². The summed E-state index contributed by atoms with van der Waals surface area (Å²) < 4.78 is 5.04. The van der Waals surface area contributed by atoms with Crippen molar-refractivity contribution in [1.82, 2.24) is 4.98 Å². The summed E-state index contributed by atoms with van der Waals surface area (Å²) in [5.74, 6) is -0.0805. The van der Waals surface area contributed by atoms with Gasteiger partial charge in [-0.15, -0.1) is 0 Å². The lowest BCUT2D eigenvalue weighted by Crippen LogP contribution is -2.15. The Morgan fingerprint density at radius 1 is 1.23 bits per heavy atom. The Bertz CT molecular complexity index is 831. The summed E-state index contributed by atoms with van der Waals surface area (Å²) in [6.45, 7) is 8.26. The van der Waals surface area contributed by atoms with E-state index in [-0.39, 0.29) is 0 Å². The molecule has 0 saturated heterocycles. The van der Waals surface area contributed by atoms with Crippen LogP contribution in [0, 0.1) is 24.2 Å². The number of hydrogen-bond donors (Lipinski definition) is 0. The maximum atomic E-state index is 12.6. The van der Waals surface area contributed by atoms with Gasteiger partial charge in [-0.25, -0.2) is 4.79 Å². The molecule has 0 unspecified atom stereocenters. The summed E-state index contributed by atoms with van der Waals surface area (Å²) in [7, 11) is 1.37. The minimum Gasteiger partial charge on any atom is -0.465 e. The highest BCUT2D eigenvalue weighted by molar-refractivity contribution is 6.00. The van der Waals surface area contributed by atoms with Gasteiger partial charge >= 0.3 is 5.97 Å². The zero-order chi connectivity index (χ0) is 19.3. The SMILES string of the molecule is CCCc1nc(CC(C)C)c(C#N)c(-c2ccc(C)cc2)c1C(=O)OC. The van der Waals surface area contributed by atoms with Crippen LogP contribution in [0.4, 0.5) is 0 Å². The minimum atomic E-state index is -0.441. The van der Waals surface area contributed by atoms with Crippen molar-refractivity contribution in [1.29, 1.82) is 5.26 Å². The molecular weight excluding hydrogens is 324 g/mol. The summed E-state index contributed by atoms with van der Waals surface area (Å²) in [4.78, 5) is 17.3. The Kier molecular flexibility index (Phi) is 6.52. The van der Waals surface area contributed by atoms with Crippen molar-refractivity contribution >= 4 is 5.97 Å². The molecule has 0 aliphatic carbocycles. The second-order valence-electron chi connectivity index (χ2n) is 6.95. The first-order valence-corrected chi connectivity index (χ1v) is 9.04. The molecule has 0 spiro atoms. The number of nitrogens with zero attached hydrogens (tertiary/aromatic N) is 2. The fraction of sp³-hybridized carbons (Fsp3) is 0.409. The van der Waals surface area contributed by atoms with Crippen molar-refractivity contribution in [2.75, 3.05) is 7.11 Å². The lowest BCUT2D eigenvalue weighted by Gasteiger charge is -2.18. The van der Waals surface area contributed by atoms with Crippen LogP contribution in [-0.4, -0.2) is 18.1 Å². The average Bonchev–Trinajstić information content (AvgIpc) is 2.61. The maximum absolute atomic E-state index is 12.6. The van der Waals surface area contributed by atoms with E-state index in [0.717, 1.165) is 23.2 Å². The van der Waals surface area contributed by atoms with Gasteiger partial charge in [0.1, 0.15) is 6.07 Å². The fourth-order valence-electron chi connectivity index (χ4n) is 3.09. The van der Waals surface area contributed by atoms with Crippen LogP contribution in [0.3, 0.4) is 0 Å². The normalized spacial score (nSPS) is 10.7. The molecule has 26 heavy (non-hydrogen) atoms. The molecule has 4 heteroatoms. The predicted molar refractivity (Wildman–Crippen MR) is 103 cm³/mol. The topological polar surface area (TPSA) is 63.0 Å². The van der Waals surface area contributed by atoms with Crippen molar-refractivity contribution < 1.29 is 9.53 Å². The first-order chi connectivity index (χ1) is 12.4. The number of methoxy groups -OCH3 is 1. The van der Waals surface area contributed by atoms with E-state index in [4.69, 9.17) is 9.72 Å². The van der Waals surface area contributed by atoms with Gasteiger partial charge in [-0.1, -0.05) is 57.0 Å². The Labute approximate surface area is 155 Å². The van der Waals surface area contributed by atoms with Gasteiger partial charge in [0.2, 0.25) is 0 Å². The third-order valence-electron chi connectivity index (χ3n) is 4.28. The molecule has 2 aromatic rings. The van der Waals surface area contributed by atoms with Gasteiger partial charge in [0.25, 0.3) is 0 Å². The van der Waals surface area contributed by atoms with E-state index in [0.29, 0.717) is 41.1 Å². The molecule has 1 heterocycles. The van der Waals surface area contributed by atoms with Crippen LogP contribution in [0.5, 0.6) is 0 Å². The van der Waals surface area contributed by atoms with Crippen LogP contribution in [0.15, 0.2) is 24.3 Å². The molecule has 136 valence electrons. The van der Waals surface area contributed by atoms with Crippen LogP contribution in [0.2, 0.25) is 0 Å². The molecule has 0 N–H and O–H groups in total. The number of esters is 1. The molecule has 0 amide bonds. The van der Waals surface area contributed by atoms with Crippen LogP contribution >= 0.6 is 0 Å². The standard InChI is InChI=1S/C22H26N2O2/c1-6-7-18-21(22(25)26-5)20(16-10-8-15(4)9-11-16)17(13-23)19(24-18)12-14(2)3/h8-11,14H,6-7,12H2,1-5H3. The number of aryl methyl sites for hydroxylation is 2. The molecule has 0 atom stereocenters. The zero-order valence-corrected chi connectivity index (χ0v) is 16.2. The third-order valence-corrected chi connectivity index (χ3v) is 4.28. The summed E-state index contributed by atoms with van der Waals surface area (Å²) in [5, 5.41) is 9.89. The summed E-state index contributed by atoms with van der Waals surface area (Å²) in [6, 6.07) is 10.2. The van der Waals surface area contributed by atoms with E-state index in [2.05, 4.69) is 26.8 Å². The fourth-order valence-corrected chi connectivity index (χ4v) is 3.09.